The summed E-state index contributed by atoms with van der Waals surface area (Å²) in [5.74, 6) is 1.27. The molecule has 0 saturated carbocycles. The van der Waals surface area contributed by atoms with Crippen molar-refractivity contribution in [3.05, 3.63) is 60.6 Å². The number of ether oxygens (including phenoxy) is 1. The standard InChI is InChI=1S/C20H22N6O2/c1-15-17(6-2-7-21-15)28-20-19(22-9-10-23-20)16-5-3-11-25(13-16)18(27)14-26-12-4-8-24-26/h2,4,6-10,12,16H,3,5,11,13-14H2,1H3/t16-/m1/s1. The third-order valence-corrected chi connectivity index (χ3v) is 4.87. The van der Waals surface area contributed by atoms with Crippen LogP contribution in [0.5, 0.6) is 11.6 Å². The van der Waals surface area contributed by atoms with Gasteiger partial charge in [0.2, 0.25) is 11.8 Å². The van der Waals surface area contributed by atoms with Gasteiger partial charge in [0.25, 0.3) is 0 Å². The molecule has 0 unspecified atom stereocenters. The van der Waals surface area contributed by atoms with Crippen molar-refractivity contribution < 1.29 is 9.53 Å². The lowest BCUT2D eigenvalue weighted by molar-refractivity contribution is -0.133. The second kappa shape index (κ2) is 8.16. The van der Waals surface area contributed by atoms with Gasteiger partial charge >= 0.3 is 0 Å². The van der Waals surface area contributed by atoms with Gasteiger partial charge < -0.3 is 9.64 Å². The van der Waals surface area contributed by atoms with Crippen molar-refractivity contribution in [2.24, 2.45) is 0 Å². The molecular weight excluding hydrogens is 356 g/mol. The summed E-state index contributed by atoms with van der Waals surface area (Å²) >= 11 is 0. The van der Waals surface area contributed by atoms with E-state index < -0.39 is 0 Å². The van der Waals surface area contributed by atoms with Crippen LogP contribution < -0.4 is 4.74 Å². The maximum Gasteiger partial charge on any atom is 0.244 e. The molecule has 3 aromatic rings. The Morgan fingerprint density at radius 2 is 2.07 bits per heavy atom. The van der Waals surface area contributed by atoms with Gasteiger partial charge in [-0.3, -0.25) is 19.4 Å². The highest BCUT2D eigenvalue weighted by Crippen LogP contribution is 2.33. The maximum atomic E-state index is 12.7. The molecule has 0 bridgehead atoms. The summed E-state index contributed by atoms with van der Waals surface area (Å²) in [6.07, 6.45) is 10.3. The van der Waals surface area contributed by atoms with E-state index in [-0.39, 0.29) is 18.4 Å². The molecule has 0 radical (unpaired) electrons. The van der Waals surface area contributed by atoms with E-state index in [0.29, 0.717) is 18.2 Å². The number of aromatic nitrogens is 5. The number of carbonyl (C=O) groups excluding carboxylic acids is 1. The monoisotopic (exact) mass is 378 g/mol. The van der Waals surface area contributed by atoms with Crippen LogP contribution in [0.2, 0.25) is 0 Å². The van der Waals surface area contributed by atoms with E-state index in [4.69, 9.17) is 4.74 Å². The third-order valence-electron chi connectivity index (χ3n) is 4.87. The minimum Gasteiger partial charge on any atom is -0.435 e. The molecule has 8 nitrogen and oxygen atoms in total. The van der Waals surface area contributed by atoms with E-state index in [1.165, 1.54) is 0 Å². The third kappa shape index (κ3) is 4.00. The van der Waals surface area contributed by atoms with Gasteiger partial charge in [-0.15, -0.1) is 0 Å². The van der Waals surface area contributed by atoms with Crippen LogP contribution in [0.1, 0.15) is 30.1 Å². The Balaban J connectivity index is 1.51. The van der Waals surface area contributed by atoms with Gasteiger partial charge in [-0.05, 0) is 38.0 Å². The topological polar surface area (TPSA) is 86.0 Å². The lowest BCUT2D eigenvalue weighted by Gasteiger charge is -2.32. The van der Waals surface area contributed by atoms with Crippen LogP contribution in [0.3, 0.4) is 0 Å². The SMILES string of the molecule is Cc1ncccc1Oc1nccnc1[C@@H]1CCCN(C(=O)Cn2cccn2)C1. The first-order chi connectivity index (χ1) is 13.7. The van der Waals surface area contributed by atoms with Crippen LogP contribution in [0, 0.1) is 6.92 Å². The fraction of sp³-hybridized carbons (Fsp3) is 0.350. The molecular formula is C20H22N6O2. The maximum absolute atomic E-state index is 12.7. The van der Waals surface area contributed by atoms with Crippen molar-refractivity contribution >= 4 is 5.91 Å². The highest BCUT2D eigenvalue weighted by atomic mass is 16.5. The average Bonchev–Trinajstić information content (AvgIpc) is 3.23. The van der Waals surface area contributed by atoms with E-state index in [2.05, 4.69) is 20.1 Å². The number of pyridine rings is 1. The number of nitrogens with zero attached hydrogens (tertiary/aromatic N) is 6. The Hall–Kier alpha value is -3.29. The summed E-state index contributed by atoms with van der Waals surface area (Å²) in [5.41, 5.74) is 1.57. The summed E-state index contributed by atoms with van der Waals surface area (Å²) in [4.78, 5) is 27.7. The summed E-state index contributed by atoms with van der Waals surface area (Å²) in [5, 5.41) is 4.12. The van der Waals surface area contributed by atoms with Crippen LogP contribution in [-0.4, -0.2) is 48.6 Å². The Kier molecular flexibility index (Phi) is 5.27. The van der Waals surface area contributed by atoms with Crippen LogP contribution >= 0.6 is 0 Å². The Morgan fingerprint density at radius 1 is 1.18 bits per heavy atom. The molecule has 1 aliphatic heterocycles. The van der Waals surface area contributed by atoms with E-state index in [9.17, 15) is 4.79 Å². The molecule has 4 rings (SSSR count). The number of carbonyl (C=O) groups is 1. The fourth-order valence-electron chi connectivity index (χ4n) is 3.44. The van der Waals surface area contributed by atoms with Crippen molar-refractivity contribution in [2.45, 2.75) is 32.2 Å². The average molecular weight is 378 g/mol. The highest BCUT2D eigenvalue weighted by molar-refractivity contribution is 5.76. The summed E-state index contributed by atoms with van der Waals surface area (Å²) < 4.78 is 7.67. The predicted octanol–water partition coefficient (Wildman–Crippen LogP) is 2.58. The molecule has 0 aliphatic carbocycles. The number of amides is 1. The van der Waals surface area contributed by atoms with E-state index in [1.54, 1.807) is 35.7 Å². The zero-order chi connectivity index (χ0) is 19.3. The lowest BCUT2D eigenvalue weighted by atomic mass is 9.94. The largest absolute Gasteiger partial charge is 0.435 e. The van der Waals surface area contributed by atoms with Gasteiger partial charge in [-0.1, -0.05) is 0 Å². The van der Waals surface area contributed by atoms with Crippen molar-refractivity contribution in [1.29, 1.82) is 0 Å². The van der Waals surface area contributed by atoms with Gasteiger partial charge in [-0.2, -0.15) is 5.10 Å². The van der Waals surface area contributed by atoms with Crippen LogP contribution in [0.25, 0.3) is 0 Å². The second-order valence-corrected chi connectivity index (χ2v) is 6.82. The van der Waals surface area contributed by atoms with E-state index >= 15 is 0 Å². The summed E-state index contributed by atoms with van der Waals surface area (Å²) in [7, 11) is 0. The van der Waals surface area contributed by atoms with E-state index in [1.807, 2.05) is 30.0 Å². The number of hydrogen-bond acceptors (Lipinski definition) is 6. The van der Waals surface area contributed by atoms with Crippen molar-refractivity contribution in [3.8, 4) is 11.6 Å². The minimum absolute atomic E-state index is 0.0582. The molecule has 0 N–H and O–H groups in total. The van der Waals surface area contributed by atoms with Gasteiger partial charge in [0.15, 0.2) is 5.75 Å². The molecule has 8 heteroatoms. The normalized spacial score (nSPS) is 16.8. The molecule has 1 amide bonds. The van der Waals surface area contributed by atoms with Gasteiger partial charge in [0, 0.05) is 50.0 Å². The first kappa shape index (κ1) is 18.1. The lowest BCUT2D eigenvalue weighted by Crippen LogP contribution is -2.41. The Labute approximate surface area is 163 Å². The Morgan fingerprint density at radius 3 is 2.89 bits per heavy atom. The van der Waals surface area contributed by atoms with Gasteiger partial charge in [0.1, 0.15) is 12.2 Å². The summed E-state index contributed by atoms with van der Waals surface area (Å²) in [6.45, 7) is 3.48. The van der Waals surface area contributed by atoms with Crippen LogP contribution in [0.15, 0.2) is 49.2 Å². The number of piperidine rings is 1. The molecule has 0 spiro atoms. The van der Waals surface area contributed by atoms with Crippen molar-refractivity contribution in [2.75, 3.05) is 13.1 Å². The minimum atomic E-state index is 0.0582. The first-order valence-electron chi connectivity index (χ1n) is 9.36. The Bertz CT molecular complexity index is 943. The second-order valence-electron chi connectivity index (χ2n) is 6.82. The smallest absolute Gasteiger partial charge is 0.244 e. The number of rotatable bonds is 5. The molecule has 144 valence electrons. The van der Waals surface area contributed by atoms with Gasteiger partial charge in [0.05, 0.1) is 5.69 Å². The number of likely N-dealkylation sites (tertiary alicyclic amines) is 1. The highest BCUT2D eigenvalue weighted by Gasteiger charge is 2.28. The zero-order valence-corrected chi connectivity index (χ0v) is 15.7. The molecule has 0 aromatic carbocycles. The zero-order valence-electron chi connectivity index (χ0n) is 15.7. The molecule has 3 aromatic heterocycles. The van der Waals surface area contributed by atoms with Gasteiger partial charge in [-0.25, -0.2) is 4.98 Å². The quantitative estimate of drug-likeness (QED) is 0.678. The molecule has 4 heterocycles. The van der Waals surface area contributed by atoms with Crippen LogP contribution in [0.4, 0.5) is 0 Å². The predicted molar refractivity (Wildman–Crippen MR) is 102 cm³/mol. The first-order valence-corrected chi connectivity index (χ1v) is 9.36. The number of hydrogen-bond donors (Lipinski definition) is 0. The van der Waals surface area contributed by atoms with Crippen LogP contribution in [-0.2, 0) is 11.3 Å². The van der Waals surface area contributed by atoms with Crippen molar-refractivity contribution in [3.63, 3.8) is 0 Å². The summed E-state index contributed by atoms with van der Waals surface area (Å²) in [6, 6.07) is 5.51. The molecule has 1 fully saturated rings. The molecule has 1 saturated heterocycles. The van der Waals surface area contributed by atoms with E-state index in [0.717, 1.165) is 30.8 Å². The fourth-order valence-corrected chi connectivity index (χ4v) is 3.44. The number of aryl methyl sites for hydroxylation is 1. The van der Waals surface area contributed by atoms with Crippen molar-refractivity contribution in [1.82, 2.24) is 29.6 Å². The molecule has 28 heavy (non-hydrogen) atoms. The molecule has 1 atom stereocenters. The molecule has 1 aliphatic rings.